The number of hydrogen-bond acceptors (Lipinski definition) is 2. The van der Waals surface area contributed by atoms with E-state index < -0.39 is 5.60 Å². The molecule has 94 valence electrons. The van der Waals surface area contributed by atoms with E-state index in [1.165, 1.54) is 0 Å². The highest BCUT2D eigenvalue weighted by Gasteiger charge is 2.52. The van der Waals surface area contributed by atoms with Crippen LogP contribution >= 0.6 is 0 Å². The average molecular weight is 227 g/mol. The second kappa shape index (κ2) is 4.02. The first-order chi connectivity index (χ1) is 7.08. The van der Waals surface area contributed by atoms with Crippen LogP contribution < -0.4 is 5.32 Å². The van der Waals surface area contributed by atoms with E-state index >= 15 is 0 Å². The van der Waals surface area contributed by atoms with Crippen LogP contribution in [0.2, 0.25) is 0 Å². The van der Waals surface area contributed by atoms with E-state index in [4.69, 9.17) is 0 Å². The van der Waals surface area contributed by atoms with Gasteiger partial charge in [0.15, 0.2) is 0 Å². The first kappa shape index (κ1) is 13.5. The Hall–Kier alpha value is -0.570. The highest BCUT2D eigenvalue weighted by atomic mass is 16.3. The molecular weight excluding hydrogens is 202 g/mol. The van der Waals surface area contributed by atoms with Crippen molar-refractivity contribution >= 4 is 5.91 Å². The Balaban J connectivity index is 2.33. The number of aliphatic hydroxyl groups is 1. The van der Waals surface area contributed by atoms with Gasteiger partial charge in [0, 0.05) is 12.0 Å². The molecule has 1 fully saturated rings. The second-order valence-corrected chi connectivity index (χ2v) is 6.67. The lowest BCUT2D eigenvalue weighted by Gasteiger charge is -2.31. The maximum atomic E-state index is 11.6. The third-order valence-electron chi connectivity index (χ3n) is 3.70. The molecule has 1 saturated carbocycles. The summed E-state index contributed by atoms with van der Waals surface area (Å²) in [5.41, 5.74) is -0.918. The van der Waals surface area contributed by atoms with Gasteiger partial charge in [-0.25, -0.2) is 0 Å². The van der Waals surface area contributed by atoms with Gasteiger partial charge < -0.3 is 10.4 Å². The van der Waals surface area contributed by atoms with Crippen LogP contribution in [0.5, 0.6) is 0 Å². The maximum Gasteiger partial charge on any atom is 0.225 e. The molecule has 0 aromatic carbocycles. The van der Waals surface area contributed by atoms with Crippen LogP contribution in [0, 0.1) is 10.8 Å². The minimum Gasteiger partial charge on any atom is -0.389 e. The first-order valence-corrected chi connectivity index (χ1v) is 6.09. The highest BCUT2D eigenvalue weighted by Crippen LogP contribution is 2.51. The fourth-order valence-corrected chi connectivity index (χ4v) is 1.78. The topological polar surface area (TPSA) is 49.3 Å². The van der Waals surface area contributed by atoms with Gasteiger partial charge in [-0.3, -0.25) is 4.79 Å². The largest absolute Gasteiger partial charge is 0.389 e. The summed E-state index contributed by atoms with van der Waals surface area (Å²) in [6.07, 6.45) is 2.62. The van der Waals surface area contributed by atoms with E-state index in [9.17, 15) is 9.90 Å². The Morgan fingerprint density at radius 2 is 1.75 bits per heavy atom. The molecule has 0 aliphatic heterocycles. The summed E-state index contributed by atoms with van der Waals surface area (Å²) >= 11 is 0. The normalized spacial score (nSPS) is 19.4. The summed E-state index contributed by atoms with van der Waals surface area (Å²) in [7, 11) is 0. The van der Waals surface area contributed by atoms with Crippen LogP contribution in [0.15, 0.2) is 0 Å². The van der Waals surface area contributed by atoms with Crippen molar-refractivity contribution in [2.75, 3.05) is 6.54 Å². The van der Waals surface area contributed by atoms with Gasteiger partial charge in [-0.15, -0.1) is 0 Å². The highest BCUT2D eigenvalue weighted by molar-refractivity contribution is 5.81. The Kier molecular flexibility index (Phi) is 3.39. The molecule has 16 heavy (non-hydrogen) atoms. The Bertz CT molecular complexity index is 272. The SMILES string of the molecule is CC(C)(C)C(=O)NCCC(C)(C)C1(O)CC1. The van der Waals surface area contributed by atoms with E-state index in [1.54, 1.807) is 0 Å². The third kappa shape index (κ3) is 2.97. The fourth-order valence-electron chi connectivity index (χ4n) is 1.78. The maximum absolute atomic E-state index is 11.6. The molecule has 2 N–H and O–H groups in total. The summed E-state index contributed by atoms with van der Waals surface area (Å²) in [6.45, 7) is 10.5. The van der Waals surface area contributed by atoms with Gasteiger partial charge in [-0.05, 0) is 24.7 Å². The van der Waals surface area contributed by atoms with Crippen LogP contribution in [0.3, 0.4) is 0 Å². The summed E-state index contributed by atoms with van der Waals surface area (Å²) in [4.78, 5) is 11.6. The van der Waals surface area contributed by atoms with Crippen LogP contribution in [-0.2, 0) is 4.79 Å². The van der Waals surface area contributed by atoms with Crippen molar-refractivity contribution in [2.24, 2.45) is 10.8 Å². The zero-order valence-electron chi connectivity index (χ0n) is 11.2. The molecule has 0 spiro atoms. The van der Waals surface area contributed by atoms with Crippen molar-refractivity contribution in [3.63, 3.8) is 0 Å². The minimum absolute atomic E-state index is 0.0751. The zero-order valence-corrected chi connectivity index (χ0v) is 11.2. The summed E-state index contributed by atoms with van der Waals surface area (Å²) in [5.74, 6) is 0.0751. The quantitative estimate of drug-likeness (QED) is 0.772. The zero-order chi connectivity index (χ0) is 12.6. The van der Waals surface area contributed by atoms with Gasteiger partial charge in [0.25, 0.3) is 0 Å². The number of nitrogens with one attached hydrogen (secondary N) is 1. The monoisotopic (exact) mass is 227 g/mol. The number of hydrogen-bond donors (Lipinski definition) is 2. The van der Waals surface area contributed by atoms with Crippen LogP contribution in [0.1, 0.15) is 53.9 Å². The van der Waals surface area contributed by atoms with Crippen molar-refractivity contribution in [3.8, 4) is 0 Å². The molecule has 0 radical (unpaired) electrons. The van der Waals surface area contributed by atoms with Crippen molar-refractivity contribution < 1.29 is 9.90 Å². The van der Waals surface area contributed by atoms with Gasteiger partial charge in [-0.2, -0.15) is 0 Å². The van der Waals surface area contributed by atoms with Crippen LogP contribution in [-0.4, -0.2) is 23.2 Å². The lowest BCUT2D eigenvalue weighted by Crippen LogP contribution is -2.39. The van der Waals surface area contributed by atoms with Crippen LogP contribution in [0.4, 0.5) is 0 Å². The number of carbonyl (C=O) groups excluding carboxylic acids is 1. The molecule has 0 heterocycles. The molecule has 3 nitrogen and oxygen atoms in total. The van der Waals surface area contributed by atoms with Gasteiger partial charge >= 0.3 is 0 Å². The molecule has 1 aliphatic rings. The van der Waals surface area contributed by atoms with Gasteiger partial charge in [0.2, 0.25) is 5.91 Å². The Morgan fingerprint density at radius 3 is 2.12 bits per heavy atom. The molecule has 1 rings (SSSR count). The summed E-state index contributed by atoms with van der Waals surface area (Å²) in [6, 6.07) is 0. The molecule has 1 amide bonds. The van der Waals surface area contributed by atoms with Crippen molar-refractivity contribution in [1.29, 1.82) is 0 Å². The smallest absolute Gasteiger partial charge is 0.225 e. The van der Waals surface area contributed by atoms with Crippen LogP contribution in [0.25, 0.3) is 0 Å². The number of carbonyl (C=O) groups is 1. The van der Waals surface area contributed by atoms with E-state index in [1.807, 2.05) is 20.8 Å². The van der Waals surface area contributed by atoms with E-state index in [-0.39, 0.29) is 16.7 Å². The molecule has 3 heteroatoms. The lowest BCUT2D eigenvalue weighted by atomic mass is 9.81. The average Bonchev–Trinajstić information content (AvgIpc) is 2.83. The molecule has 0 atom stereocenters. The molecule has 0 aromatic rings. The molecule has 0 aromatic heterocycles. The predicted octanol–water partition coefficient (Wildman–Crippen LogP) is 2.09. The number of amides is 1. The minimum atomic E-state index is -0.487. The Morgan fingerprint density at radius 1 is 1.25 bits per heavy atom. The molecule has 0 bridgehead atoms. The molecule has 1 aliphatic carbocycles. The summed E-state index contributed by atoms with van der Waals surface area (Å²) < 4.78 is 0. The molecule has 0 saturated heterocycles. The van der Waals surface area contributed by atoms with Gasteiger partial charge in [0.1, 0.15) is 0 Å². The standard InChI is InChI=1S/C13H25NO2/c1-11(2,3)10(15)14-9-8-12(4,5)13(16)6-7-13/h16H,6-9H2,1-5H3,(H,14,15). The molecular formula is C13H25NO2. The Labute approximate surface area is 98.6 Å². The van der Waals surface area contributed by atoms with E-state index in [0.717, 1.165) is 19.3 Å². The lowest BCUT2D eigenvalue weighted by molar-refractivity contribution is -0.128. The fraction of sp³-hybridized carbons (Fsp3) is 0.923. The second-order valence-electron chi connectivity index (χ2n) is 6.67. The van der Waals surface area contributed by atoms with Crippen molar-refractivity contribution in [1.82, 2.24) is 5.32 Å². The van der Waals surface area contributed by atoms with E-state index in [0.29, 0.717) is 6.54 Å². The first-order valence-electron chi connectivity index (χ1n) is 6.09. The number of rotatable bonds is 4. The molecule has 0 unspecified atom stereocenters. The van der Waals surface area contributed by atoms with Gasteiger partial charge in [0.05, 0.1) is 5.60 Å². The van der Waals surface area contributed by atoms with Gasteiger partial charge in [-0.1, -0.05) is 34.6 Å². The van der Waals surface area contributed by atoms with Crippen molar-refractivity contribution in [3.05, 3.63) is 0 Å². The predicted molar refractivity (Wildman–Crippen MR) is 65.0 cm³/mol. The van der Waals surface area contributed by atoms with E-state index in [2.05, 4.69) is 19.2 Å². The third-order valence-corrected chi connectivity index (χ3v) is 3.70. The summed E-state index contributed by atoms with van der Waals surface area (Å²) in [5, 5.41) is 13.0. The van der Waals surface area contributed by atoms with Crippen molar-refractivity contribution in [2.45, 2.75) is 59.5 Å².